The third-order valence-electron chi connectivity index (χ3n) is 9.77. The average Bonchev–Trinajstić information content (AvgIpc) is 3.42. The molecule has 15 heteroatoms. The fourth-order valence-electron chi connectivity index (χ4n) is 7.65. The summed E-state index contributed by atoms with van der Waals surface area (Å²) in [7, 11) is 1.23. The van der Waals surface area contributed by atoms with Crippen molar-refractivity contribution in [3.63, 3.8) is 0 Å². The molecule has 2 heterocycles. The van der Waals surface area contributed by atoms with E-state index in [1.165, 1.54) is 25.3 Å². The van der Waals surface area contributed by atoms with E-state index in [-0.39, 0.29) is 39.6 Å². The van der Waals surface area contributed by atoms with Crippen molar-refractivity contribution in [2.45, 2.75) is 28.5 Å². The van der Waals surface area contributed by atoms with Crippen LogP contribution in [0.3, 0.4) is 0 Å². The number of allylic oxidation sites excluding steroid dienone is 2. The number of phenols is 1. The Kier molecular flexibility index (Phi) is 7.19. The second-order valence-electron chi connectivity index (χ2n) is 12.0. The van der Waals surface area contributed by atoms with Crippen LogP contribution in [-0.4, -0.2) is 45.6 Å². The molecule has 0 aromatic heterocycles. The molecule has 248 valence electrons. The van der Waals surface area contributed by atoms with Crippen molar-refractivity contribution in [3.05, 3.63) is 94.8 Å². The smallest absolute Gasteiger partial charge is 0.258 e. The first-order chi connectivity index (χ1) is 22.7. The summed E-state index contributed by atoms with van der Waals surface area (Å²) in [4.78, 5) is 51.7. The zero-order valence-electron chi connectivity index (χ0n) is 24.4. The Balaban J connectivity index is 1.45. The highest BCUT2D eigenvalue weighted by atomic mass is 35.5. The molecule has 0 bridgehead atoms. The number of methoxy groups -OCH3 is 1. The molecule has 8 nitrogen and oxygen atoms in total. The molecule has 4 amide bonds. The van der Waals surface area contributed by atoms with E-state index < -0.39 is 98.2 Å². The van der Waals surface area contributed by atoms with Gasteiger partial charge in [-0.25, -0.2) is 26.9 Å². The lowest BCUT2D eigenvalue weighted by Gasteiger charge is -2.50. The van der Waals surface area contributed by atoms with Gasteiger partial charge in [-0.3, -0.25) is 24.1 Å². The van der Waals surface area contributed by atoms with Crippen LogP contribution in [0.4, 0.5) is 33.3 Å². The standard InChI is InChI=1S/C33H21Cl2F5N2O6/c1-48-19-11-13(7-10-18(19)43)21-15-8-9-16-20(29(45)41(28(16)44)14-5-3-2-4-6-14)17(15)12-32(34)30(46)42(31(47)33(21,32)35)27-25(39)23(37)22(36)24(38)26(27)40/h2-8,10-11,16-17,20-21,43H,9,12H2,1H3/t16-,17+,20-,21-,32+,33-/m0/s1. The predicted molar refractivity (Wildman–Crippen MR) is 160 cm³/mol. The monoisotopic (exact) mass is 706 g/mol. The minimum atomic E-state index is -2.69. The molecule has 2 aliphatic heterocycles. The molecule has 7 rings (SSSR count). The summed E-state index contributed by atoms with van der Waals surface area (Å²) in [6, 6.07) is 11.8. The molecule has 3 fully saturated rings. The maximum absolute atomic E-state index is 15.2. The number of amides is 4. The summed E-state index contributed by atoms with van der Waals surface area (Å²) >= 11 is 14.2. The van der Waals surface area contributed by atoms with E-state index in [0.29, 0.717) is 0 Å². The molecular weight excluding hydrogens is 686 g/mol. The summed E-state index contributed by atoms with van der Waals surface area (Å²) in [6.45, 7) is 0. The molecule has 0 radical (unpaired) electrons. The average molecular weight is 707 g/mol. The molecule has 2 aliphatic carbocycles. The summed E-state index contributed by atoms with van der Waals surface area (Å²) in [5.74, 6) is -21.7. The number of fused-ring (bicyclic) bond motifs is 4. The maximum Gasteiger partial charge on any atom is 0.258 e. The summed E-state index contributed by atoms with van der Waals surface area (Å²) in [5.41, 5.74) is -1.21. The maximum atomic E-state index is 15.2. The van der Waals surface area contributed by atoms with Gasteiger partial charge in [0.2, 0.25) is 17.6 Å². The number of rotatable bonds is 4. The van der Waals surface area contributed by atoms with Gasteiger partial charge in [0, 0.05) is 5.92 Å². The van der Waals surface area contributed by atoms with Crippen molar-refractivity contribution in [3.8, 4) is 11.5 Å². The molecule has 3 aromatic rings. The van der Waals surface area contributed by atoms with Crippen molar-refractivity contribution in [1.29, 1.82) is 0 Å². The van der Waals surface area contributed by atoms with Gasteiger partial charge in [0.25, 0.3) is 11.8 Å². The first-order valence-corrected chi connectivity index (χ1v) is 15.2. The fourth-order valence-corrected chi connectivity index (χ4v) is 8.58. The molecule has 0 unspecified atom stereocenters. The van der Waals surface area contributed by atoms with Crippen molar-refractivity contribution in [2.24, 2.45) is 17.8 Å². The van der Waals surface area contributed by atoms with E-state index in [0.717, 1.165) is 4.90 Å². The Hall–Kier alpha value is -4.49. The zero-order chi connectivity index (χ0) is 34.6. The van der Waals surface area contributed by atoms with Crippen molar-refractivity contribution in [1.82, 2.24) is 0 Å². The molecule has 2 saturated heterocycles. The van der Waals surface area contributed by atoms with Crippen LogP contribution in [0.2, 0.25) is 0 Å². The number of carbonyl (C=O) groups is 4. The van der Waals surface area contributed by atoms with E-state index in [1.54, 1.807) is 36.4 Å². The van der Waals surface area contributed by atoms with Gasteiger partial charge in [-0.15, -0.1) is 23.2 Å². The SMILES string of the molecule is COc1cc([C@H]2C3=CC[C@@H]4C(=O)N(c5ccccc5)C(=O)[C@@H]4[C@@H]3C[C@@]3(Cl)C(=O)N(c4c(F)c(F)c(F)c(F)c4F)C(=O)[C@@]23Cl)ccc1O. The molecule has 48 heavy (non-hydrogen) atoms. The van der Waals surface area contributed by atoms with Gasteiger partial charge < -0.3 is 9.84 Å². The van der Waals surface area contributed by atoms with Crippen LogP contribution in [0, 0.1) is 46.8 Å². The quantitative estimate of drug-likeness (QED) is 0.0910. The number of hydrogen-bond acceptors (Lipinski definition) is 6. The number of benzene rings is 3. The van der Waals surface area contributed by atoms with E-state index >= 15 is 8.78 Å². The second-order valence-corrected chi connectivity index (χ2v) is 13.2. The van der Waals surface area contributed by atoms with E-state index in [9.17, 15) is 37.5 Å². The Morgan fingerprint density at radius 1 is 0.812 bits per heavy atom. The Morgan fingerprint density at radius 2 is 1.44 bits per heavy atom. The van der Waals surface area contributed by atoms with Gasteiger partial charge in [-0.1, -0.05) is 35.9 Å². The predicted octanol–water partition coefficient (Wildman–Crippen LogP) is 5.86. The normalized spacial score (nSPS) is 29.5. The topological polar surface area (TPSA) is 104 Å². The number of aromatic hydroxyl groups is 1. The fraction of sp³-hybridized carbons (Fsp3) is 0.273. The third kappa shape index (κ3) is 3.94. The van der Waals surface area contributed by atoms with Gasteiger partial charge in [0.05, 0.1) is 24.6 Å². The molecular formula is C33H21Cl2F5N2O6. The van der Waals surface area contributed by atoms with Crippen LogP contribution in [0.5, 0.6) is 11.5 Å². The van der Waals surface area contributed by atoms with Gasteiger partial charge in [-0.2, -0.15) is 0 Å². The van der Waals surface area contributed by atoms with Crippen LogP contribution in [-0.2, 0) is 19.2 Å². The van der Waals surface area contributed by atoms with E-state index in [2.05, 4.69) is 0 Å². The number of imide groups is 2. The molecule has 4 aliphatic rings. The highest BCUT2D eigenvalue weighted by Gasteiger charge is 2.77. The second kappa shape index (κ2) is 10.8. The highest BCUT2D eigenvalue weighted by molar-refractivity contribution is 6.58. The Morgan fingerprint density at radius 3 is 2.06 bits per heavy atom. The summed E-state index contributed by atoms with van der Waals surface area (Å²) in [5, 5.41) is 10.3. The molecule has 0 spiro atoms. The lowest BCUT2D eigenvalue weighted by molar-refractivity contribution is -0.125. The first kappa shape index (κ1) is 32.1. The van der Waals surface area contributed by atoms with Crippen LogP contribution >= 0.6 is 23.2 Å². The number of para-hydroxylation sites is 1. The van der Waals surface area contributed by atoms with Crippen molar-refractivity contribution >= 4 is 58.2 Å². The van der Waals surface area contributed by atoms with Crippen LogP contribution < -0.4 is 14.5 Å². The number of anilines is 2. The Labute approximate surface area is 278 Å². The van der Waals surface area contributed by atoms with Gasteiger partial charge in [-0.05, 0) is 48.6 Å². The summed E-state index contributed by atoms with van der Waals surface area (Å²) < 4.78 is 78.3. The third-order valence-corrected chi connectivity index (χ3v) is 11.2. The number of carbonyl (C=O) groups excluding carboxylic acids is 4. The number of alkyl halides is 2. The lowest BCUT2D eigenvalue weighted by atomic mass is 9.56. The summed E-state index contributed by atoms with van der Waals surface area (Å²) in [6.07, 6.45) is 0.936. The molecule has 6 atom stereocenters. The lowest BCUT2D eigenvalue weighted by Crippen LogP contribution is -2.60. The minimum Gasteiger partial charge on any atom is -0.504 e. The van der Waals surface area contributed by atoms with Crippen LogP contribution in [0.25, 0.3) is 0 Å². The molecule has 1 saturated carbocycles. The largest absolute Gasteiger partial charge is 0.504 e. The number of nitrogens with zero attached hydrogens (tertiary/aromatic N) is 2. The van der Waals surface area contributed by atoms with E-state index in [1.807, 2.05) is 0 Å². The Bertz CT molecular complexity index is 1980. The molecule has 3 aromatic carbocycles. The van der Waals surface area contributed by atoms with Crippen LogP contribution in [0.1, 0.15) is 24.3 Å². The molecule has 1 N–H and O–H groups in total. The zero-order valence-corrected chi connectivity index (χ0v) is 26.0. The number of ether oxygens (including phenoxy) is 1. The van der Waals surface area contributed by atoms with Gasteiger partial charge in [0.15, 0.2) is 44.5 Å². The number of hydrogen-bond donors (Lipinski definition) is 1. The highest BCUT2D eigenvalue weighted by Crippen LogP contribution is 2.66. The number of phenolic OH excluding ortho intramolecular Hbond substituents is 1. The van der Waals surface area contributed by atoms with Crippen molar-refractivity contribution in [2.75, 3.05) is 16.9 Å². The first-order valence-electron chi connectivity index (χ1n) is 14.5. The van der Waals surface area contributed by atoms with Gasteiger partial charge in [0.1, 0.15) is 5.69 Å². The number of halogens is 7. The van der Waals surface area contributed by atoms with Crippen LogP contribution in [0.15, 0.2) is 60.2 Å². The van der Waals surface area contributed by atoms with E-state index in [4.69, 9.17) is 27.9 Å². The van der Waals surface area contributed by atoms with Gasteiger partial charge >= 0.3 is 0 Å². The van der Waals surface area contributed by atoms with Crippen molar-refractivity contribution < 1.29 is 51.0 Å². The minimum absolute atomic E-state index is 0.0120.